The first-order chi connectivity index (χ1) is 11.0. The third-order valence-electron chi connectivity index (χ3n) is 2.83. The summed E-state index contributed by atoms with van der Waals surface area (Å²) in [6.45, 7) is -0.377. The molecule has 0 saturated carbocycles. The maximum absolute atomic E-state index is 13.1. The Balaban J connectivity index is 1.73. The SMILES string of the molecule is O=C(Cn1nc(-c2ccco2)oc1=O)Nc1ccc(F)c(Cl)c1. The predicted octanol–water partition coefficient (Wildman–Crippen LogP) is 2.53. The normalized spacial score (nSPS) is 10.7. The molecule has 0 atom stereocenters. The van der Waals surface area contributed by atoms with Crippen molar-refractivity contribution in [3.63, 3.8) is 0 Å². The van der Waals surface area contributed by atoms with E-state index in [9.17, 15) is 14.0 Å². The summed E-state index contributed by atoms with van der Waals surface area (Å²) < 4.78 is 23.8. The lowest BCUT2D eigenvalue weighted by atomic mass is 10.3. The topological polar surface area (TPSA) is 90.3 Å². The second-order valence-corrected chi connectivity index (χ2v) is 4.89. The van der Waals surface area contributed by atoms with Crippen molar-refractivity contribution in [1.29, 1.82) is 0 Å². The number of carbonyl (C=O) groups excluding carboxylic acids is 1. The highest BCUT2D eigenvalue weighted by atomic mass is 35.5. The van der Waals surface area contributed by atoms with Gasteiger partial charge in [-0.2, -0.15) is 4.68 Å². The maximum atomic E-state index is 13.1. The van der Waals surface area contributed by atoms with E-state index in [2.05, 4.69) is 10.4 Å². The first-order valence-corrected chi connectivity index (χ1v) is 6.77. The van der Waals surface area contributed by atoms with E-state index in [0.717, 1.165) is 10.7 Å². The minimum absolute atomic E-state index is 0.0300. The van der Waals surface area contributed by atoms with Gasteiger partial charge in [0.25, 0.3) is 5.89 Å². The Bertz CT molecular complexity index is 901. The highest BCUT2D eigenvalue weighted by molar-refractivity contribution is 6.31. The predicted molar refractivity (Wildman–Crippen MR) is 78.5 cm³/mol. The molecule has 2 aromatic heterocycles. The molecule has 1 aromatic carbocycles. The zero-order chi connectivity index (χ0) is 16.4. The van der Waals surface area contributed by atoms with Crippen LogP contribution in [0.4, 0.5) is 10.1 Å². The summed E-state index contributed by atoms with van der Waals surface area (Å²) in [5.74, 6) is -1.71. The van der Waals surface area contributed by atoms with Gasteiger partial charge in [-0.25, -0.2) is 9.18 Å². The van der Waals surface area contributed by atoms with Crippen molar-refractivity contribution < 1.29 is 18.0 Å². The number of furan rings is 1. The van der Waals surface area contributed by atoms with Crippen LogP contribution in [0, 0.1) is 5.82 Å². The van der Waals surface area contributed by atoms with Gasteiger partial charge in [-0.3, -0.25) is 4.79 Å². The number of carbonyl (C=O) groups is 1. The van der Waals surface area contributed by atoms with Crippen LogP contribution in [0.25, 0.3) is 11.7 Å². The lowest BCUT2D eigenvalue weighted by molar-refractivity contribution is -0.117. The molecule has 0 bridgehead atoms. The van der Waals surface area contributed by atoms with E-state index < -0.39 is 17.5 Å². The number of nitrogens with one attached hydrogen (secondary N) is 1. The standard InChI is InChI=1S/C14H9ClFN3O4/c15-9-6-8(3-4-10(9)16)17-12(20)7-19-14(21)23-13(18-19)11-2-1-5-22-11/h1-6H,7H2,(H,17,20). The molecule has 1 N–H and O–H groups in total. The summed E-state index contributed by atoms with van der Waals surface area (Å²) in [6.07, 6.45) is 1.40. The third kappa shape index (κ3) is 3.32. The molecule has 0 saturated heterocycles. The van der Waals surface area contributed by atoms with Crippen LogP contribution in [0.1, 0.15) is 0 Å². The van der Waals surface area contributed by atoms with Gasteiger partial charge in [0.05, 0.1) is 11.3 Å². The van der Waals surface area contributed by atoms with E-state index in [1.807, 2.05) is 0 Å². The minimum Gasteiger partial charge on any atom is -0.459 e. The molecule has 3 rings (SSSR count). The van der Waals surface area contributed by atoms with Crippen LogP contribution in [0.5, 0.6) is 0 Å². The van der Waals surface area contributed by atoms with Crippen LogP contribution in [0.2, 0.25) is 5.02 Å². The fourth-order valence-electron chi connectivity index (χ4n) is 1.82. The Hall–Kier alpha value is -2.87. The van der Waals surface area contributed by atoms with Gasteiger partial charge in [0.2, 0.25) is 5.91 Å². The van der Waals surface area contributed by atoms with Crippen LogP contribution in [0.3, 0.4) is 0 Å². The minimum atomic E-state index is -0.802. The van der Waals surface area contributed by atoms with Gasteiger partial charge in [0, 0.05) is 5.69 Å². The smallest absolute Gasteiger partial charge is 0.437 e. The summed E-state index contributed by atoms with van der Waals surface area (Å²) in [5, 5.41) is 6.21. The van der Waals surface area contributed by atoms with Gasteiger partial charge in [-0.1, -0.05) is 11.6 Å². The second-order valence-electron chi connectivity index (χ2n) is 4.49. The first kappa shape index (κ1) is 15.0. The summed E-state index contributed by atoms with van der Waals surface area (Å²) in [5.41, 5.74) is 0.296. The molecular weight excluding hydrogens is 329 g/mol. The van der Waals surface area contributed by atoms with Crippen LogP contribution in [-0.2, 0) is 11.3 Å². The van der Waals surface area contributed by atoms with E-state index in [0.29, 0.717) is 5.69 Å². The fourth-order valence-corrected chi connectivity index (χ4v) is 2.00. The van der Waals surface area contributed by atoms with Crippen molar-refractivity contribution in [3.05, 3.63) is 58.0 Å². The number of hydrogen-bond donors (Lipinski definition) is 1. The third-order valence-corrected chi connectivity index (χ3v) is 3.12. The Labute approximate surface area is 133 Å². The van der Waals surface area contributed by atoms with Gasteiger partial charge in [0.1, 0.15) is 12.4 Å². The average molecular weight is 338 g/mol. The molecule has 118 valence electrons. The van der Waals surface area contributed by atoms with Crippen molar-refractivity contribution in [1.82, 2.24) is 9.78 Å². The van der Waals surface area contributed by atoms with Gasteiger partial charge >= 0.3 is 5.76 Å². The van der Waals surface area contributed by atoms with E-state index in [4.69, 9.17) is 20.4 Å². The molecule has 9 heteroatoms. The molecule has 0 spiro atoms. The number of aromatic nitrogens is 2. The van der Waals surface area contributed by atoms with Crippen molar-refractivity contribution in [2.24, 2.45) is 0 Å². The molecule has 0 fully saturated rings. The van der Waals surface area contributed by atoms with Crippen LogP contribution >= 0.6 is 11.6 Å². The molecule has 0 aliphatic rings. The molecule has 0 unspecified atom stereocenters. The van der Waals surface area contributed by atoms with Crippen LogP contribution in [-0.4, -0.2) is 15.7 Å². The van der Waals surface area contributed by atoms with Crippen molar-refractivity contribution in [2.75, 3.05) is 5.32 Å². The van der Waals surface area contributed by atoms with E-state index >= 15 is 0 Å². The molecule has 0 aliphatic carbocycles. The van der Waals surface area contributed by atoms with Gasteiger partial charge in [-0.05, 0) is 30.3 Å². The zero-order valence-corrected chi connectivity index (χ0v) is 12.2. The highest BCUT2D eigenvalue weighted by Crippen LogP contribution is 2.19. The number of rotatable bonds is 4. The van der Waals surface area contributed by atoms with Crippen LogP contribution < -0.4 is 11.1 Å². The largest absolute Gasteiger partial charge is 0.459 e. The monoisotopic (exact) mass is 337 g/mol. The Morgan fingerprint density at radius 1 is 1.39 bits per heavy atom. The average Bonchev–Trinajstić information content (AvgIpc) is 3.13. The lowest BCUT2D eigenvalue weighted by Crippen LogP contribution is -2.25. The Morgan fingerprint density at radius 2 is 2.22 bits per heavy atom. The first-order valence-electron chi connectivity index (χ1n) is 6.39. The summed E-state index contributed by atoms with van der Waals surface area (Å²) in [6, 6.07) is 6.90. The zero-order valence-electron chi connectivity index (χ0n) is 11.5. The molecule has 23 heavy (non-hydrogen) atoms. The Morgan fingerprint density at radius 3 is 2.91 bits per heavy atom. The molecule has 2 heterocycles. The molecular formula is C14H9ClFN3O4. The summed E-state index contributed by atoms with van der Waals surface area (Å²) in [4.78, 5) is 23.6. The van der Waals surface area contributed by atoms with E-state index in [1.165, 1.54) is 18.4 Å². The highest BCUT2D eigenvalue weighted by Gasteiger charge is 2.15. The number of anilines is 1. The molecule has 1 amide bonds. The number of halogens is 2. The van der Waals surface area contributed by atoms with Gasteiger partial charge in [0.15, 0.2) is 5.76 Å². The maximum Gasteiger partial charge on any atom is 0.437 e. The van der Waals surface area contributed by atoms with E-state index in [1.54, 1.807) is 12.1 Å². The quantitative estimate of drug-likeness (QED) is 0.790. The molecule has 7 nitrogen and oxygen atoms in total. The number of amides is 1. The van der Waals surface area contributed by atoms with Gasteiger partial charge in [-0.15, -0.1) is 5.10 Å². The lowest BCUT2D eigenvalue weighted by Gasteiger charge is -2.05. The summed E-state index contributed by atoms with van der Waals surface area (Å²) in [7, 11) is 0. The number of nitrogens with zero attached hydrogens (tertiary/aromatic N) is 2. The molecule has 0 aliphatic heterocycles. The second kappa shape index (κ2) is 6.09. The van der Waals surface area contributed by atoms with Gasteiger partial charge < -0.3 is 14.2 Å². The number of hydrogen-bond acceptors (Lipinski definition) is 5. The van der Waals surface area contributed by atoms with E-state index in [-0.39, 0.29) is 23.2 Å². The molecule has 3 aromatic rings. The van der Waals surface area contributed by atoms with Crippen LogP contribution in [0.15, 0.2) is 50.2 Å². The Kier molecular flexibility index (Phi) is 3.98. The van der Waals surface area contributed by atoms with Crippen molar-refractivity contribution in [3.8, 4) is 11.7 Å². The molecule has 0 radical (unpaired) electrons. The number of benzene rings is 1. The summed E-state index contributed by atoms with van der Waals surface area (Å²) >= 11 is 5.62. The fraction of sp³-hybridized carbons (Fsp3) is 0.0714. The van der Waals surface area contributed by atoms with Crippen molar-refractivity contribution >= 4 is 23.2 Å². The van der Waals surface area contributed by atoms with Crippen molar-refractivity contribution in [2.45, 2.75) is 6.54 Å².